The van der Waals surface area contributed by atoms with Crippen molar-refractivity contribution in [3.63, 3.8) is 0 Å². The van der Waals surface area contributed by atoms with Gasteiger partial charge in [0.1, 0.15) is 17.4 Å². The molecule has 6 aliphatic rings. The molecule has 0 spiro atoms. The van der Waals surface area contributed by atoms with Crippen LogP contribution in [-0.4, -0.2) is 60.3 Å². The van der Waals surface area contributed by atoms with E-state index in [0.717, 1.165) is 88.9 Å². The fraction of sp³-hybridized carbons (Fsp3) is 0.318. The summed E-state index contributed by atoms with van der Waals surface area (Å²) in [4.78, 5) is 27.6. The lowest BCUT2D eigenvalue weighted by Crippen LogP contribution is -2.42. The highest BCUT2D eigenvalue weighted by Gasteiger charge is 2.35. The number of nitrogens with one attached hydrogen (secondary N) is 2. The maximum absolute atomic E-state index is 6.03. The van der Waals surface area contributed by atoms with Gasteiger partial charge in [-0.05, 0) is 118 Å². The Labute approximate surface area is 331 Å². The molecule has 2 fully saturated rings. The molecule has 0 amide bonds. The van der Waals surface area contributed by atoms with Gasteiger partial charge in [0, 0.05) is 72.5 Å². The monoisotopic (exact) mass is 763 g/mol. The number of aliphatic imine (C=N–C) groups is 4. The normalized spacial score (nSPS) is 20.5. The van der Waals surface area contributed by atoms with Crippen LogP contribution in [0, 0.1) is 19.8 Å². The van der Waals surface area contributed by atoms with Crippen molar-refractivity contribution in [1.82, 2.24) is 4.90 Å². The summed E-state index contributed by atoms with van der Waals surface area (Å²) in [5, 5.41) is 9.33. The van der Waals surface area contributed by atoms with E-state index in [1.54, 1.807) is 11.8 Å². The summed E-state index contributed by atoms with van der Waals surface area (Å²) in [7, 11) is 0. The van der Waals surface area contributed by atoms with Gasteiger partial charge in [-0.3, -0.25) is 0 Å². The van der Waals surface area contributed by atoms with Crippen LogP contribution in [0.4, 0.5) is 34.5 Å². The Morgan fingerprint density at radius 1 is 0.643 bits per heavy atom. The van der Waals surface area contributed by atoms with Crippen LogP contribution in [0.15, 0.2) is 119 Å². The molecule has 284 valence electrons. The molecule has 0 aliphatic carbocycles. The number of thioether (sulfide) groups is 1. The highest BCUT2D eigenvalue weighted by Crippen LogP contribution is 2.39. The van der Waals surface area contributed by atoms with Crippen molar-refractivity contribution in [2.45, 2.75) is 52.4 Å². The predicted octanol–water partition coefficient (Wildman–Crippen LogP) is 10.0. The second-order valence-corrected chi connectivity index (χ2v) is 16.1. The van der Waals surface area contributed by atoms with Crippen LogP contribution in [0.3, 0.4) is 0 Å². The molecule has 1 unspecified atom stereocenters. The molecular formula is C44H45N9O2S. The molecule has 0 bridgehead atoms. The SMILES string of the molecule is Cc1ccc(Nc2cc(N3CCCCC3)ccc2C2=CC3=CC(c4ccc(N5CCCCC5)cc4Nc4ccc(C)o4)=NC4=NC(C5C=CSC5)=NC(=N2)N34)o1. The topological polar surface area (TPSA) is 110 Å². The molecule has 2 aromatic carbocycles. The van der Waals surface area contributed by atoms with Crippen LogP contribution in [0.2, 0.25) is 0 Å². The summed E-state index contributed by atoms with van der Waals surface area (Å²) < 4.78 is 12.1. The molecule has 0 saturated carbocycles. The first kappa shape index (κ1) is 34.7. The number of amidine groups is 1. The highest BCUT2D eigenvalue weighted by molar-refractivity contribution is 8.02. The molecule has 1 atom stereocenters. The molecular weight excluding hydrogens is 719 g/mol. The number of nitrogens with zero attached hydrogens (tertiary/aromatic N) is 7. The Morgan fingerprint density at radius 3 is 1.84 bits per heavy atom. The Kier molecular flexibility index (Phi) is 9.13. The summed E-state index contributed by atoms with van der Waals surface area (Å²) in [5.74, 6) is 5.88. The lowest BCUT2D eigenvalue weighted by molar-refractivity contribution is 0.550. The largest absolute Gasteiger partial charge is 0.446 e. The van der Waals surface area contributed by atoms with Gasteiger partial charge in [-0.1, -0.05) is 6.08 Å². The zero-order chi connectivity index (χ0) is 37.6. The van der Waals surface area contributed by atoms with Crippen molar-refractivity contribution < 1.29 is 8.83 Å². The first-order valence-corrected chi connectivity index (χ1v) is 20.9. The molecule has 4 aromatic rings. The quantitative estimate of drug-likeness (QED) is 0.173. The maximum Gasteiger partial charge on any atom is 0.239 e. The highest BCUT2D eigenvalue weighted by atomic mass is 32.2. The van der Waals surface area contributed by atoms with Gasteiger partial charge in [0.25, 0.3) is 0 Å². The average molecular weight is 764 g/mol. The minimum absolute atomic E-state index is 0.0752. The van der Waals surface area contributed by atoms with Crippen LogP contribution in [-0.2, 0) is 0 Å². The Hall–Kier alpha value is -5.75. The van der Waals surface area contributed by atoms with Gasteiger partial charge in [0.2, 0.25) is 11.9 Å². The molecule has 11 nitrogen and oxygen atoms in total. The molecule has 10 rings (SSSR count). The zero-order valence-corrected chi connectivity index (χ0v) is 32.6. The van der Waals surface area contributed by atoms with Crippen molar-refractivity contribution in [2.75, 3.05) is 52.4 Å². The summed E-state index contributed by atoms with van der Waals surface area (Å²) in [6.07, 6.45) is 13.8. The molecule has 2 saturated heterocycles. The number of anilines is 6. The third-order valence-corrected chi connectivity index (χ3v) is 12.0. The van der Waals surface area contributed by atoms with E-state index >= 15 is 0 Å². The van der Waals surface area contributed by atoms with Gasteiger partial charge in [-0.15, -0.1) is 11.8 Å². The number of guanidine groups is 2. The van der Waals surface area contributed by atoms with E-state index in [1.165, 1.54) is 49.9 Å². The molecule has 8 heterocycles. The number of hydrogen-bond donors (Lipinski definition) is 2. The Bertz CT molecular complexity index is 2290. The summed E-state index contributed by atoms with van der Waals surface area (Å²) in [6.45, 7) is 8.13. The third-order valence-electron chi connectivity index (χ3n) is 11.1. The molecule has 2 N–H and O–H groups in total. The van der Waals surface area contributed by atoms with Gasteiger partial charge in [-0.25, -0.2) is 14.9 Å². The average Bonchev–Trinajstić information content (AvgIpc) is 4.01. The second-order valence-electron chi connectivity index (χ2n) is 15.1. The summed E-state index contributed by atoms with van der Waals surface area (Å²) in [6, 6.07) is 21.2. The van der Waals surface area contributed by atoms with Gasteiger partial charge in [0.15, 0.2) is 11.8 Å². The van der Waals surface area contributed by atoms with E-state index < -0.39 is 0 Å². The lowest BCUT2D eigenvalue weighted by atomic mass is 10.0. The number of hydrogen-bond acceptors (Lipinski definition) is 12. The fourth-order valence-corrected chi connectivity index (χ4v) is 9.06. The Balaban J connectivity index is 1.10. The number of allylic oxidation sites excluding steroid dienone is 2. The maximum atomic E-state index is 6.03. The van der Waals surface area contributed by atoms with E-state index in [1.807, 2.05) is 43.0 Å². The molecule has 2 aromatic heterocycles. The van der Waals surface area contributed by atoms with E-state index in [4.69, 9.17) is 28.8 Å². The van der Waals surface area contributed by atoms with Crippen molar-refractivity contribution in [3.8, 4) is 0 Å². The van der Waals surface area contributed by atoms with E-state index in [2.05, 4.69) is 80.5 Å². The number of aryl methyl sites for hydroxylation is 2. The summed E-state index contributed by atoms with van der Waals surface area (Å²) in [5.41, 5.74) is 8.63. The van der Waals surface area contributed by atoms with Crippen LogP contribution in [0.5, 0.6) is 0 Å². The van der Waals surface area contributed by atoms with E-state index in [0.29, 0.717) is 23.7 Å². The Morgan fingerprint density at radius 2 is 1.25 bits per heavy atom. The standard InChI is InChI=1S/C44H45N9O2S/c1-28-9-15-40(54-28)45-36-23-31(51-18-5-3-6-19-51)11-13-34(36)38-25-33-26-39(48-44-50-42(30-17-22-56-27-30)49-43(47-38)53(33)44)35-14-12-32(52-20-7-4-8-21-52)24-37(35)46-41-16-10-29(2)55-41/h9-17,22-26,30,45-46H,3-8,18-21,27H2,1-2H3. The zero-order valence-electron chi connectivity index (χ0n) is 31.8. The fourth-order valence-electron chi connectivity index (χ4n) is 8.18. The van der Waals surface area contributed by atoms with E-state index in [-0.39, 0.29) is 5.92 Å². The van der Waals surface area contributed by atoms with Gasteiger partial charge in [-0.2, -0.15) is 9.98 Å². The summed E-state index contributed by atoms with van der Waals surface area (Å²) >= 11 is 1.77. The first-order valence-electron chi connectivity index (χ1n) is 19.8. The third kappa shape index (κ3) is 6.87. The number of rotatable bonds is 9. The van der Waals surface area contributed by atoms with Crippen molar-refractivity contribution >= 4 is 75.4 Å². The second kappa shape index (κ2) is 14.7. The molecule has 0 radical (unpaired) electrons. The number of benzene rings is 2. The lowest BCUT2D eigenvalue weighted by Gasteiger charge is -2.34. The van der Waals surface area contributed by atoms with Crippen molar-refractivity contribution in [2.24, 2.45) is 25.9 Å². The minimum atomic E-state index is 0.0752. The van der Waals surface area contributed by atoms with Crippen molar-refractivity contribution in [1.29, 1.82) is 0 Å². The number of furan rings is 2. The van der Waals surface area contributed by atoms with Gasteiger partial charge < -0.3 is 29.3 Å². The van der Waals surface area contributed by atoms with Crippen LogP contribution in [0.1, 0.15) is 61.2 Å². The molecule has 6 aliphatic heterocycles. The van der Waals surface area contributed by atoms with E-state index in [9.17, 15) is 0 Å². The van der Waals surface area contributed by atoms with Crippen LogP contribution >= 0.6 is 11.8 Å². The minimum Gasteiger partial charge on any atom is -0.446 e. The first-order chi connectivity index (χ1) is 27.5. The van der Waals surface area contributed by atoms with Crippen LogP contribution < -0.4 is 20.4 Å². The van der Waals surface area contributed by atoms with Gasteiger partial charge in [0.05, 0.1) is 28.5 Å². The predicted molar refractivity (Wildman–Crippen MR) is 230 cm³/mol. The molecule has 12 heteroatoms. The van der Waals surface area contributed by atoms with Crippen molar-refractivity contribution in [3.05, 3.63) is 113 Å². The smallest absolute Gasteiger partial charge is 0.239 e. The van der Waals surface area contributed by atoms with Gasteiger partial charge >= 0.3 is 0 Å². The number of piperidine rings is 2. The molecule has 56 heavy (non-hydrogen) atoms. The van der Waals surface area contributed by atoms with Crippen LogP contribution in [0.25, 0.3) is 5.70 Å².